The summed E-state index contributed by atoms with van der Waals surface area (Å²) < 4.78 is 0.829. The van der Waals surface area contributed by atoms with Gasteiger partial charge < -0.3 is 15.3 Å². The van der Waals surface area contributed by atoms with Gasteiger partial charge in [-0.25, -0.2) is 4.79 Å². The Morgan fingerprint density at radius 2 is 2.10 bits per heavy atom. The van der Waals surface area contributed by atoms with Crippen LogP contribution in [-0.4, -0.2) is 34.6 Å². The molecule has 0 aliphatic rings. The number of amides is 2. The Balaban J connectivity index is 2.82. The van der Waals surface area contributed by atoms with E-state index in [0.717, 1.165) is 10.0 Å². The third-order valence-corrected chi connectivity index (χ3v) is 4.09. The van der Waals surface area contributed by atoms with Crippen molar-refractivity contribution in [3.8, 4) is 0 Å². The highest BCUT2D eigenvalue weighted by molar-refractivity contribution is 9.10. The number of nitrogens with one attached hydrogen (secondary N) is 1. The summed E-state index contributed by atoms with van der Waals surface area (Å²) in [5.74, 6) is -0.916. The molecule has 2 amide bonds. The minimum Gasteiger partial charge on any atom is -0.481 e. The number of rotatable bonds is 5. The molecule has 0 heterocycles. The molecule has 1 aromatic rings. The van der Waals surface area contributed by atoms with E-state index in [0.29, 0.717) is 12.2 Å². The maximum absolute atomic E-state index is 12.2. The number of hydrogen-bond donors (Lipinski definition) is 2. The summed E-state index contributed by atoms with van der Waals surface area (Å²) in [5, 5.41) is 11.6. The largest absolute Gasteiger partial charge is 0.481 e. The zero-order chi connectivity index (χ0) is 15.3. The third-order valence-electron chi connectivity index (χ3n) is 3.04. The summed E-state index contributed by atoms with van der Waals surface area (Å²) >= 11 is 3.43. The molecule has 110 valence electrons. The fourth-order valence-corrected chi connectivity index (χ4v) is 2.31. The number of hydrogen-bond acceptors (Lipinski definition) is 2. The molecule has 0 aromatic heterocycles. The van der Waals surface area contributed by atoms with Crippen molar-refractivity contribution in [2.45, 2.75) is 33.2 Å². The molecule has 0 spiro atoms. The highest BCUT2D eigenvalue weighted by atomic mass is 79.9. The second-order valence-electron chi connectivity index (χ2n) is 4.60. The van der Waals surface area contributed by atoms with Gasteiger partial charge in [-0.1, -0.05) is 12.1 Å². The highest BCUT2D eigenvalue weighted by Crippen LogP contribution is 2.26. The predicted octanol–water partition coefficient (Wildman–Crippen LogP) is 3.47. The fraction of sp³-hybridized carbons (Fsp3) is 0.429. The maximum atomic E-state index is 12.2. The molecule has 0 saturated carbocycles. The number of aliphatic carboxylic acids is 1. The summed E-state index contributed by atoms with van der Waals surface area (Å²) in [6.07, 6.45) is -0.0732. The van der Waals surface area contributed by atoms with Crippen molar-refractivity contribution in [3.05, 3.63) is 28.2 Å². The van der Waals surface area contributed by atoms with Crippen molar-refractivity contribution in [1.82, 2.24) is 4.90 Å². The van der Waals surface area contributed by atoms with Crippen molar-refractivity contribution in [2.24, 2.45) is 0 Å². The Morgan fingerprint density at radius 1 is 1.45 bits per heavy atom. The minimum absolute atomic E-state index is 0.0732. The Kier molecular flexibility index (Phi) is 6.01. The zero-order valence-electron chi connectivity index (χ0n) is 11.8. The molecular weight excluding hydrogens is 324 g/mol. The van der Waals surface area contributed by atoms with E-state index in [2.05, 4.69) is 21.2 Å². The fourth-order valence-electron chi connectivity index (χ4n) is 1.95. The van der Waals surface area contributed by atoms with Gasteiger partial charge >= 0.3 is 12.0 Å². The van der Waals surface area contributed by atoms with Crippen LogP contribution in [0.25, 0.3) is 0 Å². The minimum atomic E-state index is -0.916. The van der Waals surface area contributed by atoms with Gasteiger partial charge in [0.05, 0.1) is 12.1 Å². The summed E-state index contributed by atoms with van der Waals surface area (Å²) in [7, 11) is 0. The van der Waals surface area contributed by atoms with Gasteiger partial charge in [-0.2, -0.15) is 0 Å². The number of urea groups is 1. The van der Waals surface area contributed by atoms with Crippen molar-refractivity contribution in [1.29, 1.82) is 0 Å². The van der Waals surface area contributed by atoms with E-state index >= 15 is 0 Å². The SMILES string of the molecule is CCN(C(=O)Nc1cccc(C)c1Br)C(C)CC(=O)O. The van der Waals surface area contributed by atoms with Crippen LogP contribution in [-0.2, 0) is 4.79 Å². The number of halogens is 1. The summed E-state index contributed by atoms with van der Waals surface area (Å²) in [6, 6.07) is 4.93. The molecule has 2 N–H and O–H groups in total. The van der Waals surface area contributed by atoms with E-state index in [1.807, 2.05) is 26.0 Å². The smallest absolute Gasteiger partial charge is 0.322 e. The van der Waals surface area contributed by atoms with Gasteiger partial charge in [0.15, 0.2) is 0 Å². The number of anilines is 1. The molecule has 0 bridgehead atoms. The normalized spacial score (nSPS) is 11.8. The molecule has 20 heavy (non-hydrogen) atoms. The average Bonchev–Trinajstić information content (AvgIpc) is 2.35. The van der Waals surface area contributed by atoms with Crippen molar-refractivity contribution >= 4 is 33.6 Å². The molecule has 1 atom stereocenters. The van der Waals surface area contributed by atoms with Gasteiger partial charge in [-0.3, -0.25) is 4.79 Å². The number of carboxylic acid groups (broad SMARTS) is 1. The van der Waals surface area contributed by atoms with Crippen molar-refractivity contribution < 1.29 is 14.7 Å². The lowest BCUT2D eigenvalue weighted by Gasteiger charge is -2.27. The van der Waals surface area contributed by atoms with E-state index in [9.17, 15) is 9.59 Å². The molecule has 0 aliphatic heterocycles. The van der Waals surface area contributed by atoms with Crippen LogP contribution in [0, 0.1) is 6.92 Å². The lowest BCUT2D eigenvalue weighted by atomic mass is 10.2. The first-order chi connectivity index (χ1) is 9.36. The molecule has 6 heteroatoms. The highest BCUT2D eigenvalue weighted by Gasteiger charge is 2.21. The Labute approximate surface area is 127 Å². The van der Waals surface area contributed by atoms with Gasteiger partial charge in [0.1, 0.15) is 0 Å². The van der Waals surface area contributed by atoms with Crippen LogP contribution < -0.4 is 5.32 Å². The van der Waals surface area contributed by atoms with Crippen LogP contribution in [0.3, 0.4) is 0 Å². The monoisotopic (exact) mass is 342 g/mol. The second kappa shape index (κ2) is 7.28. The van der Waals surface area contributed by atoms with Gasteiger partial charge in [0.25, 0.3) is 0 Å². The number of carbonyl (C=O) groups is 2. The number of carboxylic acids is 1. The topological polar surface area (TPSA) is 69.6 Å². The van der Waals surface area contributed by atoms with Gasteiger partial charge in [-0.15, -0.1) is 0 Å². The zero-order valence-corrected chi connectivity index (χ0v) is 13.4. The maximum Gasteiger partial charge on any atom is 0.322 e. The van der Waals surface area contributed by atoms with Crippen molar-refractivity contribution in [3.63, 3.8) is 0 Å². The lowest BCUT2D eigenvalue weighted by Crippen LogP contribution is -2.42. The first-order valence-electron chi connectivity index (χ1n) is 6.41. The second-order valence-corrected chi connectivity index (χ2v) is 5.39. The molecule has 0 fully saturated rings. The van der Waals surface area contributed by atoms with E-state index in [4.69, 9.17) is 5.11 Å². The van der Waals surface area contributed by atoms with Crippen molar-refractivity contribution in [2.75, 3.05) is 11.9 Å². The van der Waals surface area contributed by atoms with Crippen LogP contribution >= 0.6 is 15.9 Å². The molecule has 1 rings (SSSR count). The van der Waals surface area contributed by atoms with Gasteiger partial charge in [0.2, 0.25) is 0 Å². The number of carbonyl (C=O) groups excluding carboxylic acids is 1. The van der Waals surface area contributed by atoms with E-state index in [1.54, 1.807) is 13.0 Å². The molecule has 1 unspecified atom stereocenters. The summed E-state index contributed by atoms with van der Waals surface area (Å²) in [4.78, 5) is 24.5. The summed E-state index contributed by atoms with van der Waals surface area (Å²) in [6.45, 7) is 5.93. The Hall–Kier alpha value is -1.56. The van der Waals surface area contributed by atoms with Crippen LogP contribution in [0.2, 0.25) is 0 Å². The number of benzene rings is 1. The molecule has 1 aromatic carbocycles. The molecule has 0 radical (unpaired) electrons. The van der Waals surface area contributed by atoms with E-state index < -0.39 is 5.97 Å². The number of aryl methyl sites for hydroxylation is 1. The van der Waals surface area contributed by atoms with Crippen LogP contribution in [0.15, 0.2) is 22.7 Å². The third kappa shape index (κ3) is 4.23. The Bertz CT molecular complexity index is 505. The average molecular weight is 343 g/mol. The van der Waals surface area contributed by atoms with E-state index in [1.165, 1.54) is 4.90 Å². The van der Waals surface area contributed by atoms with Crippen LogP contribution in [0.5, 0.6) is 0 Å². The van der Waals surface area contributed by atoms with Gasteiger partial charge in [0, 0.05) is 17.1 Å². The number of nitrogens with zero attached hydrogens (tertiary/aromatic N) is 1. The molecule has 0 saturated heterocycles. The van der Waals surface area contributed by atoms with Gasteiger partial charge in [-0.05, 0) is 48.3 Å². The lowest BCUT2D eigenvalue weighted by molar-refractivity contribution is -0.137. The predicted molar refractivity (Wildman–Crippen MR) is 82.0 cm³/mol. The van der Waals surface area contributed by atoms with Crippen LogP contribution in [0.4, 0.5) is 10.5 Å². The van der Waals surface area contributed by atoms with Crippen LogP contribution in [0.1, 0.15) is 25.8 Å². The Morgan fingerprint density at radius 3 is 2.65 bits per heavy atom. The molecular formula is C14H19BrN2O3. The quantitative estimate of drug-likeness (QED) is 0.860. The molecule has 5 nitrogen and oxygen atoms in total. The summed E-state index contributed by atoms with van der Waals surface area (Å²) in [5.41, 5.74) is 1.69. The van der Waals surface area contributed by atoms with E-state index in [-0.39, 0.29) is 18.5 Å². The first kappa shape index (κ1) is 16.5. The standard InChI is InChI=1S/C14H19BrN2O3/c1-4-17(10(3)8-12(18)19)14(20)16-11-7-5-6-9(2)13(11)15/h5-7,10H,4,8H2,1-3H3,(H,16,20)(H,18,19). The first-order valence-corrected chi connectivity index (χ1v) is 7.20. The molecule has 0 aliphatic carbocycles.